The van der Waals surface area contributed by atoms with E-state index in [1.807, 2.05) is 43.3 Å². The van der Waals surface area contributed by atoms with Gasteiger partial charge in [-0.05, 0) is 42.3 Å². The topological polar surface area (TPSA) is 139 Å². The Morgan fingerprint density at radius 1 is 1.11 bits per heavy atom. The van der Waals surface area contributed by atoms with E-state index in [1.165, 1.54) is 6.20 Å². The van der Waals surface area contributed by atoms with Gasteiger partial charge in [-0.15, -0.1) is 0 Å². The van der Waals surface area contributed by atoms with Crippen LogP contribution in [0.4, 0.5) is 22.0 Å². The van der Waals surface area contributed by atoms with E-state index in [1.54, 1.807) is 18.4 Å². The minimum Gasteiger partial charge on any atom is -0.462 e. The number of nitrogens with one attached hydrogen (secondary N) is 3. The molecule has 0 aliphatic carbocycles. The maximum absolute atomic E-state index is 12.3. The Morgan fingerprint density at radius 2 is 1.86 bits per heavy atom. The van der Waals surface area contributed by atoms with E-state index in [0.717, 1.165) is 22.9 Å². The number of nitrogens with zero attached hydrogens (tertiary/aromatic N) is 1. The Hall–Kier alpha value is -4.33. The highest BCUT2D eigenvalue weighted by molar-refractivity contribution is 7.88. The first-order chi connectivity index (χ1) is 16.7. The smallest absolute Gasteiger partial charge is 0.323 e. The normalized spacial score (nSPS) is 11.0. The molecular weight excluding hydrogens is 466 g/mol. The lowest BCUT2D eigenvalue weighted by molar-refractivity contribution is 0.262. The molecule has 10 heteroatoms. The lowest BCUT2D eigenvalue weighted by Gasteiger charge is -2.09. The monoisotopic (exact) mass is 489 g/mol. The predicted molar refractivity (Wildman–Crippen MR) is 137 cm³/mol. The number of aryl methyl sites for hydroxylation is 1. The number of fused-ring (bicyclic) bond motifs is 1. The number of nitrogen functional groups attached to an aromatic ring is 1. The highest BCUT2D eigenvalue weighted by Gasteiger charge is 2.15. The Labute approximate surface area is 202 Å². The Balaban J connectivity index is 1.52. The van der Waals surface area contributed by atoms with Crippen LogP contribution >= 0.6 is 0 Å². The van der Waals surface area contributed by atoms with Gasteiger partial charge in [-0.1, -0.05) is 36.1 Å². The first-order valence-corrected chi connectivity index (χ1v) is 12.4. The van der Waals surface area contributed by atoms with Crippen LogP contribution in [-0.2, 0) is 10.0 Å². The second-order valence-electron chi connectivity index (χ2n) is 7.83. The number of carbonyl (C=O) groups excluding carboxylic acids is 1. The zero-order valence-corrected chi connectivity index (χ0v) is 19.9. The number of nitrogens with two attached hydrogens (primary N) is 1. The molecule has 35 heavy (non-hydrogen) atoms. The largest absolute Gasteiger partial charge is 0.462 e. The fourth-order valence-electron chi connectivity index (χ4n) is 3.43. The zero-order valence-electron chi connectivity index (χ0n) is 19.0. The average molecular weight is 490 g/mol. The van der Waals surface area contributed by atoms with Crippen LogP contribution < -0.4 is 21.1 Å². The van der Waals surface area contributed by atoms with Gasteiger partial charge in [-0.3, -0.25) is 0 Å². The summed E-state index contributed by atoms with van der Waals surface area (Å²) in [5.74, 6) is 5.88. The third kappa shape index (κ3) is 5.97. The maximum Gasteiger partial charge on any atom is 0.323 e. The molecule has 0 fully saturated rings. The van der Waals surface area contributed by atoms with Crippen molar-refractivity contribution in [2.24, 2.45) is 0 Å². The number of aromatic nitrogens is 1. The molecule has 0 unspecified atom stereocenters. The molecular formula is C25H23N5O4S. The molecule has 2 amide bonds. The van der Waals surface area contributed by atoms with Gasteiger partial charge in [0.2, 0.25) is 10.0 Å². The van der Waals surface area contributed by atoms with Crippen LogP contribution in [0.1, 0.15) is 11.1 Å². The van der Waals surface area contributed by atoms with Gasteiger partial charge in [0.15, 0.2) is 5.58 Å². The summed E-state index contributed by atoms with van der Waals surface area (Å²) in [6.45, 7) is 1.92. The second kappa shape index (κ2) is 9.89. The van der Waals surface area contributed by atoms with Gasteiger partial charge in [0.25, 0.3) is 0 Å². The number of urea groups is 1. The average Bonchev–Trinajstić information content (AvgIpc) is 3.24. The Kier molecular flexibility index (Phi) is 6.73. The first-order valence-electron chi connectivity index (χ1n) is 10.5. The molecule has 4 aromatic rings. The molecule has 178 valence electrons. The van der Waals surface area contributed by atoms with E-state index >= 15 is 0 Å². The van der Waals surface area contributed by atoms with Gasteiger partial charge in [0.05, 0.1) is 30.0 Å². The van der Waals surface area contributed by atoms with E-state index in [-0.39, 0.29) is 18.4 Å². The summed E-state index contributed by atoms with van der Waals surface area (Å²) in [4.78, 5) is 16.5. The third-order valence-electron chi connectivity index (χ3n) is 5.00. The number of pyridine rings is 1. The molecule has 5 N–H and O–H groups in total. The number of rotatable bonds is 5. The quantitative estimate of drug-likeness (QED) is 0.313. The molecule has 2 aromatic heterocycles. The zero-order chi connectivity index (χ0) is 25.0. The highest BCUT2D eigenvalue weighted by Crippen LogP contribution is 2.35. The highest BCUT2D eigenvalue weighted by atomic mass is 32.2. The molecule has 2 heterocycles. The van der Waals surface area contributed by atoms with E-state index in [4.69, 9.17) is 10.2 Å². The fraction of sp³-hybridized carbons (Fsp3) is 0.120. The van der Waals surface area contributed by atoms with Crippen molar-refractivity contribution in [3.8, 4) is 23.0 Å². The summed E-state index contributed by atoms with van der Waals surface area (Å²) in [5, 5.41) is 6.20. The summed E-state index contributed by atoms with van der Waals surface area (Å²) in [6.07, 6.45) is 4.11. The molecule has 0 bridgehead atoms. The van der Waals surface area contributed by atoms with Crippen LogP contribution in [-0.4, -0.2) is 32.2 Å². The van der Waals surface area contributed by atoms with Gasteiger partial charge < -0.3 is 20.8 Å². The molecule has 0 aliphatic rings. The molecule has 0 saturated heterocycles. The number of carbonyl (C=O) groups is 1. The van der Waals surface area contributed by atoms with Crippen molar-refractivity contribution in [3.63, 3.8) is 0 Å². The molecule has 0 saturated carbocycles. The van der Waals surface area contributed by atoms with E-state index < -0.39 is 10.0 Å². The van der Waals surface area contributed by atoms with Crippen LogP contribution in [0.5, 0.6) is 0 Å². The molecule has 9 nitrogen and oxygen atoms in total. The molecule has 4 rings (SSSR count). The molecule has 0 atom stereocenters. The second-order valence-corrected chi connectivity index (χ2v) is 9.66. The molecule has 0 radical (unpaired) electrons. The SMILES string of the molecule is Cc1cccc(NC(=O)Nc2ccc(-c3coc4c(C#CCNS(C)(=O)=O)cnc(N)c34)cc2)c1. The van der Waals surface area contributed by atoms with Gasteiger partial charge in [0.1, 0.15) is 5.82 Å². The van der Waals surface area contributed by atoms with Gasteiger partial charge in [-0.2, -0.15) is 0 Å². The number of furan rings is 1. The van der Waals surface area contributed by atoms with Crippen molar-refractivity contribution >= 4 is 44.2 Å². The van der Waals surface area contributed by atoms with Gasteiger partial charge in [-0.25, -0.2) is 22.9 Å². The number of amides is 2. The minimum absolute atomic E-state index is 0.0375. The Morgan fingerprint density at radius 3 is 2.57 bits per heavy atom. The fourth-order valence-corrected chi connectivity index (χ4v) is 3.76. The summed E-state index contributed by atoms with van der Waals surface area (Å²) in [7, 11) is -3.33. The molecule has 0 aliphatic heterocycles. The number of hydrogen-bond acceptors (Lipinski definition) is 6. The van der Waals surface area contributed by atoms with Crippen molar-refractivity contribution in [1.82, 2.24) is 9.71 Å². The summed E-state index contributed by atoms with van der Waals surface area (Å²) in [5.41, 5.74) is 11.0. The lowest BCUT2D eigenvalue weighted by atomic mass is 10.0. The van der Waals surface area contributed by atoms with Gasteiger partial charge >= 0.3 is 6.03 Å². The van der Waals surface area contributed by atoms with E-state index in [9.17, 15) is 13.2 Å². The van der Waals surface area contributed by atoms with E-state index in [2.05, 4.69) is 32.2 Å². The molecule has 0 spiro atoms. The van der Waals surface area contributed by atoms with Crippen molar-refractivity contribution in [2.75, 3.05) is 29.2 Å². The van der Waals surface area contributed by atoms with Crippen LogP contribution in [0.2, 0.25) is 0 Å². The van der Waals surface area contributed by atoms with Crippen molar-refractivity contribution in [3.05, 3.63) is 72.1 Å². The number of hydrogen-bond donors (Lipinski definition) is 4. The number of benzene rings is 2. The number of sulfonamides is 1. The van der Waals surface area contributed by atoms with Crippen molar-refractivity contribution in [2.45, 2.75) is 6.92 Å². The van der Waals surface area contributed by atoms with Crippen molar-refractivity contribution in [1.29, 1.82) is 0 Å². The summed E-state index contributed by atoms with van der Waals surface area (Å²) < 4.78 is 30.4. The third-order valence-corrected chi connectivity index (χ3v) is 5.67. The van der Waals surface area contributed by atoms with Crippen LogP contribution in [0.25, 0.3) is 22.1 Å². The number of anilines is 3. The Bertz CT molecular complexity index is 1570. The van der Waals surface area contributed by atoms with E-state index in [0.29, 0.717) is 27.9 Å². The van der Waals surface area contributed by atoms with Crippen LogP contribution in [0.15, 0.2) is 65.4 Å². The molecule has 2 aromatic carbocycles. The maximum atomic E-state index is 12.3. The predicted octanol–water partition coefficient (Wildman–Crippen LogP) is 3.93. The lowest BCUT2D eigenvalue weighted by Crippen LogP contribution is -2.21. The standard InChI is InChI=1S/C25H23N5O4S/c1-16-5-3-7-20(13-16)30-25(31)29-19-10-8-17(9-11-19)21-15-34-23-18(14-27-24(26)22(21)23)6-4-12-28-35(2,32)33/h3,5,7-11,13-15,28H,12H2,1-2H3,(H2,26,27)(H2,29,30,31). The summed E-state index contributed by atoms with van der Waals surface area (Å²) >= 11 is 0. The first kappa shape index (κ1) is 23.8. The van der Waals surface area contributed by atoms with Crippen LogP contribution in [0, 0.1) is 18.8 Å². The van der Waals surface area contributed by atoms with Crippen LogP contribution in [0.3, 0.4) is 0 Å². The van der Waals surface area contributed by atoms with Gasteiger partial charge in [0, 0.05) is 23.1 Å². The van der Waals surface area contributed by atoms with Crippen molar-refractivity contribution < 1.29 is 17.6 Å². The minimum atomic E-state index is -3.33. The summed E-state index contributed by atoms with van der Waals surface area (Å²) in [6, 6.07) is 14.4.